The molecule has 1 aromatic carbocycles. The van der Waals surface area contributed by atoms with Crippen LogP contribution in [0, 0.1) is 0 Å². The van der Waals surface area contributed by atoms with Crippen LogP contribution in [-0.2, 0) is 6.54 Å². The average molecular weight is 329 g/mol. The van der Waals surface area contributed by atoms with Crippen molar-refractivity contribution in [2.45, 2.75) is 19.5 Å². The molecule has 5 nitrogen and oxygen atoms in total. The standard InChI is InChI=1S/C14H17ClN4O.ClH/c1-10-8-16-5-6-19(10)9-13-17-14(18-20-13)11-3-2-4-12(15)7-11;/h2-4,7,10,16H,5-6,8-9H2,1H3;1H/t10-;/m0./s1. The zero-order valence-electron chi connectivity index (χ0n) is 11.8. The number of rotatable bonds is 3. The minimum atomic E-state index is 0. The van der Waals surface area contributed by atoms with Crippen molar-refractivity contribution in [3.63, 3.8) is 0 Å². The molecular formula is C14H18Cl2N4O. The van der Waals surface area contributed by atoms with Gasteiger partial charge in [0.05, 0.1) is 6.54 Å². The van der Waals surface area contributed by atoms with Crippen LogP contribution >= 0.6 is 24.0 Å². The zero-order chi connectivity index (χ0) is 13.9. The van der Waals surface area contributed by atoms with Gasteiger partial charge in [0.25, 0.3) is 0 Å². The summed E-state index contributed by atoms with van der Waals surface area (Å²) in [6, 6.07) is 7.95. The van der Waals surface area contributed by atoms with E-state index in [0.717, 1.165) is 25.2 Å². The fourth-order valence-electron chi connectivity index (χ4n) is 2.36. The van der Waals surface area contributed by atoms with Gasteiger partial charge in [0.1, 0.15) is 0 Å². The molecule has 114 valence electrons. The molecule has 1 aliphatic rings. The van der Waals surface area contributed by atoms with Gasteiger partial charge in [-0.3, -0.25) is 4.90 Å². The number of hydrogen-bond acceptors (Lipinski definition) is 5. The van der Waals surface area contributed by atoms with Crippen LogP contribution < -0.4 is 5.32 Å². The minimum absolute atomic E-state index is 0. The Labute approximate surface area is 135 Å². The molecule has 1 atom stereocenters. The molecule has 2 aromatic rings. The third-order valence-electron chi connectivity index (χ3n) is 3.53. The Kier molecular flexibility index (Phi) is 5.58. The van der Waals surface area contributed by atoms with Crippen LogP contribution in [0.3, 0.4) is 0 Å². The summed E-state index contributed by atoms with van der Waals surface area (Å²) in [6.45, 7) is 5.88. The molecule has 1 fully saturated rings. The third-order valence-corrected chi connectivity index (χ3v) is 3.76. The SMILES string of the molecule is C[C@H]1CNCCN1Cc1nc(-c2cccc(Cl)c2)no1.Cl. The predicted octanol–water partition coefficient (Wildman–Crippen LogP) is 2.61. The average Bonchev–Trinajstić information content (AvgIpc) is 2.90. The summed E-state index contributed by atoms with van der Waals surface area (Å²) in [5, 5.41) is 8.07. The molecule has 1 aromatic heterocycles. The van der Waals surface area contributed by atoms with Crippen molar-refractivity contribution in [3.8, 4) is 11.4 Å². The summed E-state index contributed by atoms with van der Waals surface area (Å²) in [7, 11) is 0. The lowest BCUT2D eigenvalue weighted by Gasteiger charge is -2.32. The van der Waals surface area contributed by atoms with Crippen molar-refractivity contribution in [3.05, 3.63) is 35.2 Å². The molecule has 7 heteroatoms. The van der Waals surface area contributed by atoms with Gasteiger partial charge < -0.3 is 9.84 Å². The summed E-state index contributed by atoms with van der Waals surface area (Å²) in [5.74, 6) is 1.24. The number of nitrogens with one attached hydrogen (secondary N) is 1. The summed E-state index contributed by atoms with van der Waals surface area (Å²) in [4.78, 5) is 6.79. The fourth-order valence-corrected chi connectivity index (χ4v) is 2.55. The van der Waals surface area contributed by atoms with Crippen molar-refractivity contribution in [2.75, 3.05) is 19.6 Å². The van der Waals surface area contributed by atoms with E-state index in [1.54, 1.807) is 0 Å². The van der Waals surface area contributed by atoms with E-state index in [9.17, 15) is 0 Å². The third kappa shape index (κ3) is 3.95. The zero-order valence-corrected chi connectivity index (χ0v) is 13.3. The molecule has 21 heavy (non-hydrogen) atoms. The lowest BCUT2D eigenvalue weighted by molar-refractivity contribution is 0.146. The summed E-state index contributed by atoms with van der Waals surface area (Å²) < 4.78 is 5.34. The van der Waals surface area contributed by atoms with Crippen LogP contribution in [0.5, 0.6) is 0 Å². The van der Waals surface area contributed by atoms with Gasteiger partial charge >= 0.3 is 0 Å². The second-order valence-electron chi connectivity index (χ2n) is 5.05. The number of benzene rings is 1. The highest BCUT2D eigenvalue weighted by Crippen LogP contribution is 2.20. The predicted molar refractivity (Wildman–Crippen MR) is 84.7 cm³/mol. The van der Waals surface area contributed by atoms with Gasteiger partial charge in [-0.25, -0.2) is 0 Å². The van der Waals surface area contributed by atoms with Crippen LogP contribution in [0.2, 0.25) is 5.02 Å². The maximum atomic E-state index is 5.97. The van der Waals surface area contributed by atoms with Crippen molar-refractivity contribution in [2.24, 2.45) is 0 Å². The molecule has 2 heterocycles. The first kappa shape index (κ1) is 16.2. The second kappa shape index (κ2) is 7.22. The largest absolute Gasteiger partial charge is 0.338 e. The second-order valence-corrected chi connectivity index (χ2v) is 5.48. The Hall–Kier alpha value is -1.14. The smallest absolute Gasteiger partial charge is 0.241 e. The van der Waals surface area contributed by atoms with Gasteiger partial charge in [0.15, 0.2) is 0 Å². The summed E-state index contributed by atoms with van der Waals surface area (Å²) >= 11 is 5.97. The van der Waals surface area contributed by atoms with E-state index >= 15 is 0 Å². The number of halogens is 2. The van der Waals surface area contributed by atoms with E-state index in [2.05, 4.69) is 27.3 Å². The van der Waals surface area contributed by atoms with Crippen molar-refractivity contribution < 1.29 is 4.52 Å². The molecule has 1 saturated heterocycles. The molecular weight excluding hydrogens is 311 g/mol. The lowest BCUT2D eigenvalue weighted by atomic mass is 10.2. The van der Waals surface area contributed by atoms with Gasteiger partial charge in [0, 0.05) is 36.3 Å². The van der Waals surface area contributed by atoms with Crippen LogP contribution in [0.4, 0.5) is 0 Å². The molecule has 0 spiro atoms. The van der Waals surface area contributed by atoms with Crippen molar-refractivity contribution in [1.82, 2.24) is 20.4 Å². The number of aromatic nitrogens is 2. The molecule has 1 N–H and O–H groups in total. The first-order valence-corrected chi connectivity index (χ1v) is 7.13. The first-order valence-electron chi connectivity index (χ1n) is 6.75. The molecule has 0 amide bonds. The Morgan fingerprint density at radius 2 is 2.33 bits per heavy atom. The quantitative estimate of drug-likeness (QED) is 0.938. The molecule has 0 unspecified atom stereocenters. The Balaban J connectivity index is 0.00000161. The van der Waals surface area contributed by atoms with Gasteiger partial charge in [-0.2, -0.15) is 4.98 Å². The Morgan fingerprint density at radius 1 is 1.48 bits per heavy atom. The number of nitrogens with zero attached hydrogens (tertiary/aromatic N) is 3. The maximum Gasteiger partial charge on any atom is 0.241 e. The molecule has 3 rings (SSSR count). The van der Waals surface area contributed by atoms with Crippen molar-refractivity contribution >= 4 is 24.0 Å². The van der Waals surface area contributed by atoms with Gasteiger partial charge in [-0.05, 0) is 19.1 Å². The Bertz CT molecular complexity index is 590. The highest BCUT2D eigenvalue weighted by atomic mass is 35.5. The minimum Gasteiger partial charge on any atom is -0.338 e. The molecule has 0 aliphatic carbocycles. The van der Waals surface area contributed by atoms with Crippen LogP contribution in [0.1, 0.15) is 12.8 Å². The molecule has 1 aliphatic heterocycles. The normalized spacial score (nSPS) is 19.2. The number of hydrogen-bond donors (Lipinski definition) is 1. The fraction of sp³-hybridized carbons (Fsp3) is 0.429. The monoisotopic (exact) mass is 328 g/mol. The van der Waals surface area contributed by atoms with Crippen LogP contribution in [-0.4, -0.2) is 40.7 Å². The van der Waals surface area contributed by atoms with E-state index < -0.39 is 0 Å². The lowest BCUT2D eigenvalue weighted by Crippen LogP contribution is -2.49. The number of piperazine rings is 1. The summed E-state index contributed by atoms with van der Waals surface area (Å²) in [5.41, 5.74) is 0.876. The van der Waals surface area contributed by atoms with Crippen LogP contribution in [0.25, 0.3) is 11.4 Å². The highest BCUT2D eigenvalue weighted by molar-refractivity contribution is 6.30. The van der Waals surface area contributed by atoms with E-state index in [1.165, 1.54) is 0 Å². The van der Waals surface area contributed by atoms with E-state index in [0.29, 0.717) is 29.3 Å². The van der Waals surface area contributed by atoms with Gasteiger partial charge in [-0.1, -0.05) is 28.9 Å². The van der Waals surface area contributed by atoms with Gasteiger partial charge in [0.2, 0.25) is 11.7 Å². The van der Waals surface area contributed by atoms with Crippen molar-refractivity contribution in [1.29, 1.82) is 0 Å². The maximum absolute atomic E-state index is 5.97. The topological polar surface area (TPSA) is 54.2 Å². The van der Waals surface area contributed by atoms with E-state index in [1.807, 2.05) is 24.3 Å². The highest BCUT2D eigenvalue weighted by Gasteiger charge is 2.20. The molecule has 0 radical (unpaired) electrons. The van der Waals surface area contributed by atoms with E-state index in [-0.39, 0.29) is 12.4 Å². The molecule has 0 saturated carbocycles. The first-order chi connectivity index (χ1) is 9.72. The van der Waals surface area contributed by atoms with Crippen LogP contribution in [0.15, 0.2) is 28.8 Å². The molecule has 0 bridgehead atoms. The van der Waals surface area contributed by atoms with Gasteiger partial charge in [-0.15, -0.1) is 12.4 Å². The van der Waals surface area contributed by atoms with E-state index in [4.69, 9.17) is 16.1 Å². The summed E-state index contributed by atoms with van der Waals surface area (Å²) in [6.07, 6.45) is 0. The Morgan fingerprint density at radius 3 is 3.10 bits per heavy atom.